The van der Waals surface area contributed by atoms with Gasteiger partial charge in [0.05, 0.1) is 16.9 Å². The van der Waals surface area contributed by atoms with Crippen LogP contribution < -0.4 is 16.0 Å². The number of carboxylic acids is 1. The number of carbonyl (C=O) groups is 2. The first kappa shape index (κ1) is 14.8. The van der Waals surface area contributed by atoms with Gasteiger partial charge < -0.3 is 21.1 Å². The molecule has 0 fully saturated rings. The van der Waals surface area contributed by atoms with E-state index in [2.05, 4.69) is 5.32 Å². The van der Waals surface area contributed by atoms with Gasteiger partial charge in [-0.05, 0) is 24.6 Å². The molecule has 0 spiro atoms. The van der Waals surface area contributed by atoms with Crippen LogP contribution >= 0.6 is 0 Å². The number of rotatable bonds is 6. The van der Waals surface area contributed by atoms with Crippen LogP contribution in [0.25, 0.3) is 0 Å². The molecule has 0 aliphatic carbocycles. The van der Waals surface area contributed by atoms with Crippen molar-refractivity contribution in [2.45, 2.75) is 12.8 Å². The summed E-state index contributed by atoms with van der Waals surface area (Å²) < 4.78 is 0. The second kappa shape index (κ2) is 6.63. The predicted molar refractivity (Wildman–Crippen MR) is 74.4 cm³/mol. The molecule has 0 atom stereocenters. The highest BCUT2D eigenvalue weighted by molar-refractivity contribution is 5.90. The molecule has 1 amide bonds. The van der Waals surface area contributed by atoms with Crippen LogP contribution in [0.1, 0.15) is 23.2 Å². The number of amides is 1. The molecule has 0 saturated carbocycles. The fourth-order valence-electron chi connectivity index (χ4n) is 1.76. The Kier molecular flexibility index (Phi) is 5.17. The summed E-state index contributed by atoms with van der Waals surface area (Å²) in [6, 6.07) is 4.63. The number of aromatic carboxylic acids is 1. The number of nitrogens with zero attached hydrogens (tertiary/aromatic N) is 1. The average molecular weight is 265 g/mol. The monoisotopic (exact) mass is 265 g/mol. The molecule has 104 valence electrons. The Bertz CT molecular complexity index is 474. The number of anilines is 2. The maximum Gasteiger partial charge on any atom is 0.335 e. The molecule has 19 heavy (non-hydrogen) atoms. The molecule has 1 aromatic rings. The molecule has 0 aliphatic heterocycles. The Labute approximate surface area is 112 Å². The Balaban J connectivity index is 2.64. The van der Waals surface area contributed by atoms with Crippen LogP contribution in [0, 0.1) is 0 Å². The number of hydrogen-bond donors (Lipinski definition) is 3. The van der Waals surface area contributed by atoms with Gasteiger partial charge in [-0.15, -0.1) is 0 Å². The molecule has 1 aromatic carbocycles. The van der Waals surface area contributed by atoms with Crippen LogP contribution in [0.3, 0.4) is 0 Å². The van der Waals surface area contributed by atoms with Crippen molar-refractivity contribution in [1.29, 1.82) is 0 Å². The zero-order valence-electron chi connectivity index (χ0n) is 11.1. The number of nitrogens with one attached hydrogen (secondary N) is 1. The summed E-state index contributed by atoms with van der Waals surface area (Å²) in [6.45, 7) is 0.671. The van der Waals surface area contributed by atoms with Crippen LogP contribution in [0.15, 0.2) is 18.2 Å². The lowest BCUT2D eigenvalue weighted by atomic mass is 10.1. The minimum absolute atomic E-state index is 0.00240. The topological polar surface area (TPSA) is 95.7 Å². The number of carbonyl (C=O) groups excluding carboxylic acids is 1. The summed E-state index contributed by atoms with van der Waals surface area (Å²) >= 11 is 0. The van der Waals surface area contributed by atoms with Crippen molar-refractivity contribution in [3.63, 3.8) is 0 Å². The number of nitrogen functional groups attached to an aromatic ring is 1. The van der Waals surface area contributed by atoms with Crippen LogP contribution in [-0.2, 0) is 4.79 Å². The molecule has 0 unspecified atom stereocenters. The number of nitrogens with two attached hydrogens (primary N) is 1. The summed E-state index contributed by atoms with van der Waals surface area (Å²) in [6.07, 6.45) is 1.16. The first-order valence-electron chi connectivity index (χ1n) is 6.00. The van der Waals surface area contributed by atoms with Crippen LogP contribution in [0.2, 0.25) is 0 Å². The molecule has 0 aliphatic rings. The highest BCUT2D eigenvalue weighted by Crippen LogP contribution is 2.23. The number of hydrogen-bond acceptors (Lipinski definition) is 4. The Hall–Kier alpha value is -2.24. The van der Waals surface area contributed by atoms with Gasteiger partial charge in [0.1, 0.15) is 0 Å². The second-order valence-electron chi connectivity index (χ2n) is 4.28. The normalized spacial score (nSPS) is 10.0. The molecule has 6 heteroatoms. The first-order valence-corrected chi connectivity index (χ1v) is 6.00. The van der Waals surface area contributed by atoms with Crippen molar-refractivity contribution in [3.05, 3.63) is 23.8 Å². The molecule has 1 rings (SSSR count). The van der Waals surface area contributed by atoms with E-state index in [0.29, 0.717) is 25.1 Å². The average Bonchev–Trinajstić information content (AvgIpc) is 2.37. The van der Waals surface area contributed by atoms with Gasteiger partial charge >= 0.3 is 5.97 Å². The third-order valence-electron chi connectivity index (χ3n) is 2.86. The Morgan fingerprint density at radius 2 is 2.11 bits per heavy atom. The van der Waals surface area contributed by atoms with Gasteiger partial charge in [-0.25, -0.2) is 4.79 Å². The van der Waals surface area contributed by atoms with Crippen LogP contribution in [-0.4, -0.2) is 37.6 Å². The van der Waals surface area contributed by atoms with Gasteiger partial charge in [0.2, 0.25) is 5.91 Å². The molecule has 0 radical (unpaired) electrons. The van der Waals surface area contributed by atoms with Gasteiger partial charge in [-0.3, -0.25) is 4.79 Å². The molecular weight excluding hydrogens is 246 g/mol. The largest absolute Gasteiger partial charge is 0.478 e. The molecule has 6 nitrogen and oxygen atoms in total. The third-order valence-corrected chi connectivity index (χ3v) is 2.86. The van der Waals surface area contributed by atoms with E-state index >= 15 is 0 Å². The van der Waals surface area contributed by atoms with Crippen LogP contribution in [0.4, 0.5) is 11.4 Å². The summed E-state index contributed by atoms with van der Waals surface area (Å²) in [7, 11) is 3.46. The van der Waals surface area contributed by atoms with E-state index in [1.54, 1.807) is 13.1 Å². The lowest BCUT2D eigenvalue weighted by molar-refractivity contribution is -0.120. The molecule has 0 heterocycles. The molecule has 0 aromatic heterocycles. The minimum Gasteiger partial charge on any atom is -0.478 e. The molecular formula is C13H19N3O3. The lowest BCUT2D eigenvalue weighted by Gasteiger charge is -2.21. The van der Waals surface area contributed by atoms with E-state index < -0.39 is 5.97 Å². The molecule has 4 N–H and O–H groups in total. The van der Waals surface area contributed by atoms with E-state index in [1.807, 2.05) is 11.9 Å². The van der Waals surface area contributed by atoms with E-state index in [-0.39, 0.29) is 11.5 Å². The van der Waals surface area contributed by atoms with E-state index in [4.69, 9.17) is 10.8 Å². The van der Waals surface area contributed by atoms with Gasteiger partial charge in [-0.2, -0.15) is 0 Å². The maximum absolute atomic E-state index is 11.1. The Morgan fingerprint density at radius 3 is 2.63 bits per heavy atom. The van der Waals surface area contributed by atoms with E-state index in [1.165, 1.54) is 12.1 Å². The van der Waals surface area contributed by atoms with Crippen LogP contribution in [0.5, 0.6) is 0 Å². The van der Waals surface area contributed by atoms with E-state index in [9.17, 15) is 9.59 Å². The Morgan fingerprint density at radius 1 is 1.42 bits per heavy atom. The predicted octanol–water partition coefficient (Wildman–Crippen LogP) is 0.929. The summed E-state index contributed by atoms with van der Waals surface area (Å²) in [5, 5.41) is 11.4. The van der Waals surface area contributed by atoms with Crippen molar-refractivity contribution < 1.29 is 14.7 Å². The fourth-order valence-corrected chi connectivity index (χ4v) is 1.76. The van der Waals surface area contributed by atoms with Gasteiger partial charge in [-0.1, -0.05) is 0 Å². The van der Waals surface area contributed by atoms with Gasteiger partial charge in [0.15, 0.2) is 0 Å². The van der Waals surface area contributed by atoms with Crippen molar-refractivity contribution in [2.75, 3.05) is 31.3 Å². The quantitative estimate of drug-likeness (QED) is 0.665. The summed E-state index contributed by atoms with van der Waals surface area (Å²) in [5.74, 6) is -0.997. The fraction of sp³-hybridized carbons (Fsp3) is 0.385. The molecule has 0 bridgehead atoms. The number of benzene rings is 1. The second-order valence-corrected chi connectivity index (χ2v) is 4.28. The summed E-state index contributed by atoms with van der Waals surface area (Å²) in [5.41, 5.74) is 7.18. The van der Waals surface area contributed by atoms with Gasteiger partial charge in [0, 0.05) is 27.1 Å². The third kappa shape index (κ3) is 4.17. The zero-order valence-corrected chi connectivity index (χ0v) is 11.1. The van der Waals surface area contributed by atoms with Crippen molar-refractivity contribution in [2.24, 2.45) is 0 Å². The molecule has 0 saturated heterocycles. The van der Waals surface area contributed by atoms with Crippen molar-refractivity contribution in [3.8, 4) is 0 Å². The minimum atomic E-state index is -1.000. The highest BCUT2D eigenvalue weighted by atomic mass is 16.4. The zero-order chi connectivity index (χ0) is 14.4. The SMILES string of the molecule is CNC(=O)CCCN(C)c1ccc(C(=O)O)cc1N. The standard InChI is InChI=1S/C13H19N3O3/c1-15-12(17)4-3-7-16(2)11-6-5-9(13(18)19)8-10(11)14/h5-6,8H,3-4,7,14H2,1-2H3,(H,15,17)(H,18,19). The summed E-state index contributed by atoms with van der Waals surface area (Å²) in [4.78, 5) is 23.8. The van der Waals surface area contributed by atoms with E-state index in [0.717, 1.165) is 5.69 Å². The van der Waals surface area contributed by atoms with Gasteiger partial charge in [0.25, 0.3) is 0 Å². The van der Waals surface area contributed by atoms with Crippen molar-refractivity contribution in [1.82, 2.24) is 5.32 Å². The number of carboxylic acid groups (broad SMARTS) is 1. The lowest BCUT2D eigenvalue weighted by Crippen LogP contribution is -2.23. The first-order chi connectivity index (χ1) is 8.95. The van der Waals surface area contributed by atoms with Crippen molar-refractivity contribution >= 4 is 23.3 Å². The smallest absolute Gasteiger partial charge is 0.335 e. The maximum atomic E-state index is 11.1. The highest BCUT2D eigenvalue weighted by Gasteiger charge is 2.09.